The van der Waals surface area contributed by atoms with Crippen molar-refractivity contribution in [2.75, 3.05) is 6.54 Å². The van der Waals surface area contributed by atoms with Gasteiger partial charge in [0.1, 0.15) is 11.9 Å². The minimum Gasteiger partial charge on any atom is -0.491 e. The van der Waals surface area contributed by atoms with Crippen molar-refractivity contribution < 1.29 is 13.9 Å². The molecule has 0 amide bonds. The van der Waals surface area contributed by atoms with E-state index >= 15 is 0 Å². The molecule has 0 aromatic heterocycles. The summed E-state index contributed by atoms with van der Waals surface area (Å²) in [5.41, 5.74) is 0.542. The van der Waals surface area contributed by atoms with Crippen molar-refractivity contribution in [2.45, 2.75) is 26.9 Å². The number of rotatable bonds is 8. The van der Waals surface area contributed by atoms with Crippen LogP contribution in [0, 0.1) is 0 Å². The van der Waals surface area contributed by atoms with Crippen LogP contribution < -0.4 is 3.53 Å². The van der Waals surface area contributed by atoms with Gasteiger partial charge in [-0.3, -0.25) is 8.32 Å². The molecular weight excluding hydrogens is 360 g/mol. The van der Waals surface area contributed by atoms with E-state index in [9.17, 15) is 9.18 Å². The molecule has 0 aliphatic heterocycles. The molecule has 0 bridgehead atoms. The average molecular weight is 379 g/mol. The molecule has 3 nitrogen and oxygen atoms in total. The van der Waals surface area contributed by atoms with Crippen LogP contribution in [0.15, 0.2) is 48.0 Å². The maximum atomic E-state index is 13.7. The molecule has 0 fully saturated rings. The summed E-state index contributed by atoms with van der Waals surface area (Å²) in [5, 5.41) is 0. The zero-order valence-corrected chi connectivity index (χ0v) is 13.5. The van der Waals surface area contributed by atoms with Gasteiger partial charge in [0.15, 0.2) is 11.6 Å². The number of carbonyl (C=O) groups is 1. The summed E-state index contributed by atoms with van der Waals surface area (Å²) in [6.07, 6.45) is 5.56. The van der Waals surface area contributed by atoms with E-state index in [2.05, 4.69) is 10.1 Å². The molecule has 0 rings (SSSR count). The normalized spacial score (nSPS) is 14.6. The number of ether oxygens (including phenoxy) is 1. The third kappa shape index (κ3) is 9.61. The molecule has 0 radical (unpaired) electrons. The number of carbonyl (C=O) groups excluding carboxylic acids is 1. The summed E-state index contributed by atoms with van der Waals surface area (Å²) >= 11 is 2.01. The van der Waals surface area contributed by atoms with E-state index < -0.39 is 5.83 Å². The Morgan fingerprint density at radius 2 is 1.95 bits per heavy atom. The van der Waals surface area contributed by atoms with Gasteiger partial charge < -0.3 is 4.74 Å². The van der Waals surface area contributed by atoms with E-state index in [1.165, 1.54) is 31.2 Å². The third-order valence-electron chi connectivity index (χ3n) is 2.05. The Hall–Kier alpha value is -0.950. The Morgan fingerprint density at radius 1 is 1.37 bits per heavy atom. The molecule has 0 aromatic carbocycles. The first-order chi connectivity index (χ1) is 8.86. The summed E-state index contributed by atoms with van der Waals surface area (Å²) in [4.78, 5) is 10.7. The van der Waals surface area contributed by atoms with Gasteiger partial charge in [-0.25, -0.2) is 4.39 Å². The van der Waals surface area contributed by atoms with Crippen molar-refractivity contribution in [2.24, 2.45) is 0 Å². The lowest BCUT2D eigenvalue weighted by molar-refractivity contribution is -0.112. The summed E-state index contributed by atoms with van der Waals surface area (Å²) in [6.45, 7) is 9.16. The van der Waals surface area contributed by atoms with Gasteiger partial charge >= 0.3 is 0 Å². The van der Waals surface area contributed by atoms with E-state index in [0.717, 1.165) is 0 Å². The van der Waals surface area contributed by atoms with Crippen molar-refractivity contribution in [3.05, 3.63) is 48.0 Å². The van der Waals surface area contributed by atoms with E-state index in [4.69, 9.17) is 4.74 Å². The third-order valence-corrected chi connectivity index (χ3v) is 2.50. The SMILES string of the molecule is C=C(/C=C\C(F)=C(/C)O[C@@H](C)CNI)/C=C/C(C)=O. The van der Waals surface area contributed by atoms with Gasteiger partial charge in [-0.05, 0) is 38.5 Å². The number of ketones is 1. The van der Waals surface area contributed by atoms with Gasteiger partial charge in [-0.1, -0.05) is 18.7 Å². The zero-order valence-electron chi connectivity index (χ0n) is 11.4. The van der Waals surface area contributed by atoms with Gasteiger partial charge in [0.05, 0.1) is 0 Å². The quantitative estimate of drug-likeness (QED) is 0.229. The number of halogens is 2. The predicted octanol–water partition coefficient (Wildman–Crippen LogP) is 3.79. The molecule has 0 saturated heterocycles. The highest BCUT2D eigenvalue weighted by Gasteiger charge is 2.05. The minimum atomic E-state index is -0.460. The Bertz CT molecular complexity index is 414. The van der Waals surface area contributed by atoms with Gasteiger partial charge in [0.25, 0.3) is 0 Å². The van der Waals surface area contributed by atoms with Crippen molar-refractivity contribution in [1.82, 2.24) is 3.53 Å². The molecule has 0 aromatic rings. The number of nitrogens with one attached hydrogen (secondary N) is 1. The minimum absolute atomic E-state index is 0.0785. The second-order valence-electron chi connectivity index (χ2n) is 4.02. The largest absolute Gasteiger partial charge is 0.491 e. The molecule has 1 N–H and O–H groups in total. The highest BCUT2D eigenvalue weighted by atomic mass is 127. The van der Waals surface area contributed by atoms with Crippen LogP contribution >= 0.6 is 22.9 Å². The molecule has 0 unspecified atom stereocenters. The molecule has 0 saturated carbocycles. The van der Waals surface area contributed by atoms with Gasteiger partial charge in [-0.15, -0.1) is 0 Å². The van der Waals surface area contributed by atoms with Crippen molar-refractivity contribution in [3.8, 4) is 0 Å². The smallest absolute Gasteiger partial charge is 0.160 e. The van der Waals surface area contributed by atoms with Crippen LogP contribution in [-0.4, -0.2) is 18.4 Å². The lowest BCUT2D eigenvalue weighted by atomic mass is 10.2. The fourth-order valence-corrected chi connectivity index (χ4v) is 1.71. The number of allylic oxidation sites excluding steroid dienone is 7. The molecule has 1 atom stereocenters. The standard InChI is InChI=1S/C14H19FINO2/c1-10(5-7-11(2)18)6-8-14(15)13(4)19-12(3)9-17-16/h5-8,12,17H,1,9H2,2-4H3/b7-5+,8-6-,14-13-/t12-/m0/s1. The molecule has 0 aliphatic rings. The molecule has 0 heterocycles. The van der Waals surface area contributed by atoms with Crippen LogP contribution in [0.5, 0.6) is 0 Å². The van der Waals surface area contributed by atoms with Crippen molar-refractivity contribution in [1.29, 1.82) is 0 Å². The first kappa shape index (κ1) is 18.0. The van der Waals surface area contributed by atoms with Gasteiger partial charge in [0, 0.05) is 29.4 Å². The lowest BCUT2D eigenvalue weighted by Crippen LogP contribution is -2.19. The van der Waals surface area contributed by atoms with Crippen molar-refractivity contribution >= 4 is 28.6 Å². The summed E-state index contributed by atoms with van der Waals surface area (Å²) in [6, 6.07) is 0. The van der Waals surface area contributed by atoms with E-state index in [1.54, 1.807) is 6.92 Å². The number of hydrogen-bond donors (Lipinski definition) is 1. The molecular formula is C14H19FINO2. The van der Waals surface area contributed by atoms with Crippen LogP contribution in [0.25, 0.3) is 0 Å². The Kier molecular flexibility index (Phi) is 9.42. The Balaban J connectivity index is 4.51. The fourth-order valence-electron chi connectivity index (χ4n) is 1.09. The fraction of sp³-hybridized carbons (Fsp3) is 0.357. The maximum Gasteiger partial charge on any atom is 0.160 e. The summed E-state index contributed by atoms with van der Waals surface area (Å²) in [7, 11) is 0. The number of hydrogen-bond acceptors (Lipinski definition) is 3. The maximum absolute atomic E-state index is 13.7. The molecule has 106 valence electrons. The first-order valence-electron chi connectivity index (χ1n) is 5.79. The summed E-state index contributed by atoms with van der Waals surface area (Å²) < 4.78 is 22.0. The van der Waals surface area contributed by atoms with Crippen LogP contribution in [-0.2, 0) is 9.53 Å². The highest BCUT2D eigenvalue weighted by molar-refractivity contribution is 14.1. The Morgan fingerprint density at radius 3 is 2.47 bits per heavy atom. The summed E-state index contributed by atoms with van der Waals surface area (Å²) in [5.74, 6) is -0.318. The van der Waals surface area contributed by atoms with E-state index in [1.807, 2.05) is 29.8 Å². The average Bonchev–Trinajstić information content (AvgIpc) is 2.33. The van der Waals surface area contributed by atoms with Gasteiger partial charge in [0.2, 0.25) is 0 Å². The van der Waals surface area contributed by atoms with E-state index in [0.29, 0.717) is 12.1 Å². The molecule has 0 spiro atoms. The van der Waals surface area contributed by atoms with Crippen LogP contribution in [0.2, 0.25) is 0 Å². The van der Waals surface area contributed by atoms with Crippen LogP contribution in [0.4, 0.5) is 4.39 Å². The molecule has 5 heteroatoms. The Labute approximate surface area is 127 Å². The molecule has 0 aliphatic carbocycles. The van der Waals surface area contributed by atoms with Crippen molar-refractivity contribution in [3.63, 3.8) is 0 Å². The van der Waals surface area contributed by atoms with Crippen LogP contribution in [0.1, 0.15) is 20.8 Å². The monoisotopic (exact) mass is 379 g/mol. The second kappa shape index (κ2) is 9.91. The topological polar surface area (TPSA) is 38.3 Å². The lowest BCUT2D eigenvalue weighted by Gasteiger charge is -2.13. The van der Waals surface area contributed by atoms with E-state index in [-0.39, 0.29) is 17.6 Å². The predicted molar refractivity (Wildman–Crippen MR) is 84.5 cm³/mol. The molecule has 19 heavy (non-hydrogen) atoms. The highest BCUT2D eigenvalue weighted by Crippen LogP contribution is 2.12. The van der Waals surface area contributed by atoms with Gasteiger partial charge in [-0.2, -0.15) is 0 Å². The van der Waals surface area contributed by atoms with Crippen LogP contribution in [0.3, 0.4) is 0 Å². The zero-order chi connectivity index (χ0) is 14.8. The first-order valence-corrected chi connectivity index (χ1v) is 6.86. The second-order valence-corrected chi connectivity index (χ2v) is 4.79.